The minimum absolute atomic E-state index is 0.295. The summed E-state index contributed by atoms with van der Waals surface area (Å²) in [6.07, 6.45) is 0. The van der Waals surface area contributed by atoms with Gasteiger partial charge in [-0.15, -0.1) is 0 Å². The van der Waals surface area contributed by atoms with Crippen LogP contribution in [0, 0.1) is 6.92 Å². The second kappa shape index (κ2) is 7.25. The van der Waals surface area contributed by atoms with Gasteiger partial charge >= 0.3 is 6.03 Å². The molecule has 1 heterocycles. The Morgan fingerprint density at radius 1 is 1.21 bits per heavy atom. The van der Waals surface area contributed by atoms with Gasteiger partial charge in [-0.3, -0.25) is 5.32 Å². The van der Waals surface area contributed by atoms with Crippen LogP contribution in [-0.4, -0.2) is 32.0 Å². The van der Waals surface area contributed by atoms with Crippen LogP contribution >= 0.6 is 0 Å². The number of nitrogens with zero attached hydrogens (tertiary/aromatic N) is 1. The number of ether oxygens (including phenoxy) is 2. The molecule has 0 atom stereocenters. The third kappa shape index (κ3) is 4.18. The molecule has 130 valence electrons. The van der Waals surface area contributed by atoms with Crippen molar-refractivity contribution in [3.8, 4) is 11.5 Å². The Morgan fingerprint density at radius 3 is 2.50 bits per heavy atom. The summed E-state index contributed by atoms with van der Waals surface area (Å²) in [5, 5.41) is 9.19. The highest BCUT2D eigenvalue weighted by atomic mass is 16.5. The fourth-order valence-corrected chi connectivity index (χ4v) is 2.25. The van der Waals surface area contributed by atoms with Gasteiger partial charge in [0.05, 0.1) is 14.2 Å². The molecule has 0 saturated heterocycles. The molecule has 0 spiro atoms. The highest BCUT2D eigenvalue weighted by Gasteiger charge is 2.23. The van der Waals surface area contributed by atoms with E-state index >= 15 is 0 Å². The normalized spacial score (nSPS) is 11.0. The summed E-state index contributed by atoms with van der Waals surface area (Å²) in [5.74, 6) is 2.35. The number of hydrogen-bond acceptors (Lipinski definition) is 5. The second-order valence-corrected chi connectivity index (χ2v) is 6.08. The van der Waals surface area contributed by atoms with Crippen molar-refractivity contribution < 1.29 is 18.8 Å². The average molecular weight is 333 g/mol. The maximum Gasteiger partial charge on any atom is 0.320 e. The molecule has 2 N–H and O–H groups in total. The van der Waals surface area contributed by atoms with Crippen LogP contribution in [0.4, 0.5) is 10.6 Å². The van der Waals surface area contributed by atoms with Crippen molar-refractivity contribution in [1.82, 2.24) is 10.5 Å². The number of methoxy groups -OCH3 is 2. The molecule has 7 heteroatoms. The molecule has 1 aromatic heterocycles. The molecule has 0 fully saturated rings. The van der Waals surface area contributed by atoms with E-state index in [-0.39, 0.29) is 11.4 Å². The molecule has 0 radical (unpaired) electrons. The first-order valence-electron chi connectivity index (χ1n) is 7.56. The molecule has 2 rings (SSSR count). The minimum Gasteiger partial charge on any atom is -0.493 e. The van der Waals surface area contributed by atoms with Crippen molar-refractivity contribution in [2.45, 2.75) is 26.2 Å². The highest BCUT2D eigenvalue weighted by molar-refractivity contribution is 5.88. The van der Waals surface area contributed by atoms with Gasteiger partial charge in [0.15, 0.2) is 17.3 Å². The Bertz CT molecular complexity index is 710. The van der Waals surface area contributed by atoms with E-state index in [2.05, 4.69) is 15.8 Å². The summed E-state index contributed by atoms with van der Waals surface area (Å²) in [5.41, 5.74) is 0.731. The van der Waals surface area contributed by atoms with Gasteiger partial charge in [-0.1, -0.05) is 25.1 Å². The Kier molecular flexibility index (Phi) is 5.33. The number of carbonyl (C=O) groups is 1. The first-order valence-corrected chi connectivity index (χ1v) is 7.56. The number of aromatic nitrogens is 1. The lowest BCUT2D eigenvalue weighted by Gasteiger charge is -2.26. The predicted octanol–water partition coefficient (Wildman–Crippen LogP) is 3.10. The van der Waals surface area contributed by atoms with Gasteiger partial charge in [0.2, 0.25) is 0 Å². The molecule has 24 heavy (non-hydrogen) atoms. The average Bonchev–Trinajstić information content (AvgIpc) is 2.97. The molecule has 0 bridgehead atoms. The van der Waals surface area contributed by atoms with Crippen molar-refractivity contribution >= 4 is 11.8 Å². The van der Waals surface area contributed by atoms with Crippen LogP contribution in [0.15, 0.2) is 28.8 Å². The van der Waals surface area contributed by atoms with Gasteiger partial charge in [0.25, 0.3) is 0 Å². The van der Waals surface area contributed by atoms with Crippen LogP contribution < -0.4 is 20.1 Å². The molecule has 0 aliphatic rings. The van der Waals surface area contributed by atoms with E-state index in [4.69, 9.17) is 14.0 Å². The van der Waals surface area contributed by atoms with Crippen LogP contribution in [0.5, 0.6) is 11.5 Å². The lowest BCUT2D eigenvalue weighted by atomic mass is 9.84. The van der Waals surface area contributed by atoms with Gasteiger partial charge in [-0.2, -0.15) is 0 Å². The smallest absolute Gasteiger partial charge is 0.320 e. The van der Waals surface area contributed by atoms with Gasteiger partial charge in [-0.25, -0.2) is 4.79 Å². The van der Waals surface area contributed by atoms with Crippen molar-refractivity contribution in [3.63, 3.8) is 0 Å². The molecule has 0 unspecified atom stereocenters. The zero-order valence-corrected chi connectivity index (χ0v) is 14.6. The Balaban J connectivity index is 2.01. The SMILES string of the molecule is COc1ccc(C(C)(C)CNC(=O)Nc2cc(C)on2)cc1OC. The lowest BCUT2D eigenvalue weighted by molar-refractivity contribution is 0.249. The molecular formula is C17H23N3O4. The van der Waals surface area contributed by atoms with E-state index in [1.54, 1.807) is 27.2 Å². The quantitative estimate of drug-likeness (QED) is 0.848. The topological polar surface area (TPSA) is 85.6 Å². The Morgan fingerprint density at radius 2 is 1.92 bits per heavy atom. The zero-order chi connectivity index (χ0) is 17.7. The third-order valence-electron chi connectivity index (χ3n) is 3.73. The van der Waals surface area contributed by atoms with Crippen molar-refractivity contribution in [1.29, 1.82) is 0 Å². The summed E-state index contributed by atoms with van der Waals surface area (Å²) >= 11 is 0. The van der Waals surface area contributed by atoms with Crippen molar-refractivity contribution in [2.24, 2.45) is 0 Å². The molecule has 0 saturated carbocycles. The minimum atomic E-state index is -0.336. The summed E-state index contributed by atoms with van der Waals surface area (Å²) in [4.78, 5) is 12.0. The largest absolute Gasteiger partial charge is 0.493 e. The standard InChI is InChI=1S/C17H23N3O4/c1-11-8-15(20-24-11)19-16(21)18-10-17(2,3)12-6-7-13(22-4)14(9-12)23-5/h6-9H,10H2,1-5H3,(H2,18,19,20,21). The Hall–Kier alpha value is -2.70. The van der Waals surface area contributed by atoms with Gasteiger partial charge in [0, 0.05) is 18.0 Å². The third-order valence-corrected chi connectivity index (χ3v) is 3.73. The number of urea groups is 1. The summed E-state index contributed by atoms with van der Waals surface area (Å²) in [7, 11) is 3.19. The van der Waals surface area contributed by atoms with Crippen LogP contribution in [0.3, 0.4) is 0 Å². The predicted molar refractivity (Wildman–Crippen MR) is 90.8 cm³/mol. The second-order valence-electron chi connectivity index (χ2n) is 6.08. The van der Waals surface area contributed by atoms with E-state index in [0.29, 0.717) is 29.6 Å². The number of carbonyl (C=O) groups excluding carboxylic acids is 1. The first kappa shape index (κ1) is 17.7. The fraction of sp³-hybridized carbons (Fsp3) is 0.412. The molecule has 0 aliphatic heterocycles. The van der Waals surface area contributed by atoms with Gasteiger partial charge in [-0.05, 0) is 24.6 Å². The molecule has 1 aromatic carbocycles. The highest BCUT2D eigenvalue weighted by Crippen LogP contribution is 2.32. The first-order chi connectivity index (χ1) is 11.4. The maximum absolute atomic E-state index is 12.0. The van der Waals surface area contributed by atoms with Crippen LogP contribution in [-0.2, 0) is 5.41 Å². The summed E-state index contributed by atoms with van der Waals surface area (Å²) < 4.78 is 15.5. The monoisotopic (exact) mass is 333 g/mol. The van der Waals surface area contributed by atoms with Crippen LogP contribution in [0.2, 0.25) is 0 Å². The van der Waals surface area contributed by atoms with E-state index in [9.17, 15) is 4.79 Å². The van der Waals surface area contributed by atoms with Crippen molar-refractivity contribution in [3.05, 3.63) is 35.6 Å². The number of rotatable bonds is 6. The summed E-state index contributed by atoms with van der Waals surface area (Å²) in [6.45, 7) is 6.27. The molecule has 2 aromatic rings. The molecule has 0 aliphatic carbocycles. The Labute approximate surface area is 141 Å². The zero-order valence-electron chi connectivity index (χ0n) is 14.6. The van der Waals surface area contributed by atoms with Crippen molar-refractivity contribution in [2.75, 3.05) is 26.1 Å². The van der Waals surface area contributed by atoms with E-state index in [1.807, 2.05) is 32.0 Å². The molecule has 7 nitrogen and oxygen atoms in total. The number of benzene rings is 1. The van der Waals surface area contributed by atoms with E-state index in [0.717, 1.165) is 5.56 Å². The van der Waals surface area contributed by atoms with E-state index < -0.39 is 0 Å². The van der Waals surface area contributed by atoms with Crippen LogP contribution in [0.1, 0.15) is 25.2 Å². The number of anilines is 1. The molecular weight excluding hydrogens is 310 g/mol. The summed E-state index contributed by atoms with van der Waals surface area (Å²) in [6, 6.07) is 7.05. The number of amides is 2. The number of hydrogen-bond donors (Lipinski definition) is 2. The lowest BCUT2D eigenvalue weighted by Crippen LogP contribution is -2.39. The number of aryl methyl sites for hydroxylation is 1. The number of nitrogens with one attached hydrogen (secondary N) is 2. The van der Waals surface area contributed by atoms with Crippen LogP contribution in [0.25, 0.3) is 0 Å². The molecule has 2 amide bonds. The van der Waals surface area contributed by atoms with Gasteiger partial charge < -0.3 is 19.3 Å². The fourth-order valence-electron chi connectivity index (χ4n) is 2.25. The van der Waals surface area contributed by atoms with Gasteiger partial charge in [0.1, 0.15) is 5.76 Å². The maximum atomic E-state index is 12.0. The van der Waals surface area contributed by atoms with E-state index in [1.165, 1.54) is 0 Å².